The van der Waals surface area contributed by atoms with Crippen molar-refractivity contribution in [3.63, 3.8) is 0 Å². The van der Waals surface area contributed by atoms with Gasteiger partial charge < -0.3 is 20.3 Å². The Morgan fingerprint density at radius 3 is 2.96 bits per heavy atom. The van der Waals surface area contributed by atoms with E-state index in [1.165, 1.54) is 15.3 Å². The fraction of sp³-hybridized carbons (Fsp3) is 0.353. The Balaban J connectivity index is 1.72. The highest BCUT2D eigenvalue weighted by atomic mass is 32.1. The minimum absolute atomic E-state index is 0.0201. The predicted molar refractivity (Wildman–Crippen MR) is 90.3 cm³/mol. The van der Waals surface area contributed by atoms with Crippen molar-refractivity contribution in [2.75, 3.05) is 26.0 Å². The minimum Gasteiger partial charge on any atom is -0.496 e. The standard InChI is InChI=1S/C17H19N3O2S/c1-20-8-7-11-13(9-20)23-17-14(11)16(21)18-15(19-17)10-5-3-4-6-12(10)22-2/h3-6,15,19H,7-9H2,1-2H3,(H,18,21)/p+1/t15-/m1/s1. The molecule has 1 amide bonds. The van der Waals surface area contributed by atoms with E-state index in [-0.39, 0.29) is 12.1 Å². The van der Waals surface area contributed by atoms with Gasteiger partial charge in [0, 0.05) is 12.0 Å². The number of anilines is 1. The number of carbonyl (C=O) groups excluding carboxylic acids is 1. The topological polar surface area (TPSA) is 54.8 Å². The third kappa shape index (κ3) is 2.38. The largest absolute Gasteiger partial charge is 0.496 e. The van der Waals surface area contributed by atoms with E-state index < -0.39 is 0 Å². The fourth-order valence-electron chi connectivity index (χ4n) is 3.39. The average molecular weight is 330 g/mol. The van der Waals surface area contributed by atoms with Crippen molar-refractivity contribution in [2.45, 2.75) is 19.1 Å². The Kier molecular flexibility index (Phi) is 3.50. The first-order valence-electron chi connectivity index (χ1n) is 7.83. The van der Waals surface area contributed by atoms with Gasteiger partial charge >= 0.3 is 0 Å². The number of hydrogen-bond acceptors (Lipinski definition) is 4. The molecule has 0 saturated heterocycles. The lowest BCUT2D eigenvalue weighted by Crippen LogP contribution is -3.08. The minimum atomic E-state index is -0.253. The lowest BCUT2D eigenvalue weighted by Gasteiger charge is -2.28. The maximum atomic E-state index is 12.7. The van der Waals surface area contributed by atoms with E-state index in [0.717, 1.165) is 41.4 Å². The van der Waals surface area contributed by atoms with Crippen molar-refractivity contribution in [1.29, 1.82) is 0 Å². The van der Waals surface area contributed by atoms with Crippen molar-refractivity contribution in [2.24, 2.45) is 0 Å². The summed E-state index contributed by atoms with van der Waals surface area (Å²) < 4.78 is 5.43. The zero-order valence-corrected chi connectivity index (χ0v) is 14.0. The molecule has 120 valence electrons. The second kappa shape index (κ2) is 5.54. The third-order valence-electron chi connectivity index (χ3n) is 4.58. The van der Waals surface area contributed by atoms with Crippen LogP contribution in [0.5, 0.6) is 5.75 Å². The number of ether oxygens (including phenoxy) is 1. The second-order valence-electron chi connectivity index (χ2n) is 6.13. The molecule has 5 nitrogen and oxygen atoms in total. The van der Waals surface area contributed by atoms with Crippen molar-refractivity contribution >= 4 is 22.2 Å². The summed E-state index contributed by atoms with van der Waals surface area (Å²) in [5, 5.41) is 7.56. The van der Waals surface area contributed by atoms with E-state index in [4.69, 9.17) is 4.74 Å². The molecule has 0 bridgehead atoms. The number of quaternary nitrogens is 1. The van der Waals surface area contributed by atoms with Crippen LogP contribution in [0.15, 0.2) is 24.3 Å². The highest BCUT2D eigenvalue weighted by Crippen LogP contribution is 2.40. The fourth-order valence-corrected chi connectivity index (χ4v) is 4.78. The smallest absolute Gasteiger partial charge is 0.256 e. The Labute approximate surface area is 139 Å². The molecule has 1 unspecified atom stereocenters. The summed E-state index contributed by atoms with van der Waals surface area (Å²) in [5.74, 6) is 0.797. The third-order valence-corrected chi connectivity index (χ3v) is 5.75. The summed E-state index contributed by atoms with van der Waals surface area (Å²) in [4.78, 5) is 15.5. The lowest BCUT2D eigenvalue weighted by atomic mass is 10.0. The van der Waals surface area contributed by atoms with Gasteiger partial charge in [-0.1, -0.05) is 18.2 Å². The molecule has 0 aliphatic carbocycles. The lowest BCUT2D eigenvalue weighted by molar-refractivity contribution is -0.895. The van der Waals surface area contributed by atoms with Crippen LogP contribution >= 0.6 is 11.3 Å². The number of fused-ring (bicyclic) bond motifs is 3. The Bertz CT molecular complexity index is 771. The average Bonchev–Trinajstić information content (AvgIpc) is 2.92. The number of likely N-dealkylation sites (N-methyl/N-ethyl adjacent to an activating group) is 1. The van der Waals surface area contributed by atoms with E-state index >= 15 is 0 Å². The predicted octanol–water partition coefficient (Wildman–Crippen LogP) is 1.18. The quantitative estimate of drug-likeness (QED) is 0.775. The van der Waals surface area contributed by atoms with Crippen LogP contribution in [0, 0.1) is 0 Å². The molecule has 0 radical (unpaired) electrons. The summed E-state index contributed by atoms with van der Waals surface area (Å²) in [6, 6.07) is 7.78. The number of thiophene rings is 1. The molecule has 0 fully saturated rings. The first-order valence-corrected chi connectivity index (χ1v) is 8.65. The van der Waals surface area contributed by atoms with Crippen LogP contribution in [-0.2, 0) is 13.0 Å². The van der Waals surface area contributed by atoms with Gasteiger partial charge in [-0.3, -0.25) is 4.79 Å². The first kappa shape index (κ1) is 14.5. The van der Waals surface area contributed by atoms with Crippen molar-refractivity contribution in [1.82, 2.24) is 5.32 Å². The zero-order valence-electron chi connectivity index (χ0n) is 13.2. The molecule has 23 heavy (non-hydrogen) atoms. The molecule has 1 aromatic carbocycles. The molecular formula is C17H20N3O2S+. The molecule has 0 saturated carbocycles. The summed E-state index contributed by atoms with van der Waals surface area (Å²) in [6.07, 6.45) is 0.720. The first-order chi connectivity index (χ1) is 11.2. The SMILES string of the molecule is COc1ccccc1[C@@H]1NC(=O)c2c(sc3c2CC[NH+](C)C3)N1. The van der Waals surface area contributed by atoms with Crippen LogP contribution in [0.4, 0.5) is 5.00 Å². The molecule has 2 aromatic rings. The number of benzene rings is 1. The Hall–Kier alpha value is -2.05. The summed E-state index contributed by atoms with van der Waals surface area (Å²) in [7, 11) is 3.85. The van der Waals surface area contributed by atoms with Gasteiger partial charge in [-0.05, 0) is 11.6 Å². The van der Waals surface area contributed by atoms with E-state index in [1.807, 2.05) is 24.3 Å². The molecule has 6 heteroatoms. The molecular weight excluding hydrogens is 310 g/mol. The van der Waals surface area contributed by atoms with Gasteiger partial charge in [-0.2, -0.15) is 0 Å². The number of carbonyl (C=O) groups is 1. The van der Waals surface area contributed by atoms with Gasteiger partial charge in [0.05, 0.1) is 31.1 Å². The molecule has 1 aromatic heterocycles. The highest BCUT2D eigenvalue weighted by molar-refractivity contribution is 7.16. The highest BCUT2D eigenvalue weighted by Gasteiger charge is 2.34. The van der Waals surface area contributed by atoms with Crippen LogP contribution in [-0.4, -0.2) is 26.6 Å². The number of amides is 1. The zero-order chi connectivity index (χ0) is 16.0. The van der Waals surface area contributed by atoms with Crippen molar-refractivity contribution in [3.05, 3.63) is 45.8 Å². The second-order valence-corrected chi connectivity index (χ2v) is 7.24. The molecule has 2 aliphatic rings. The van der Waals surface area contributed by atoms with E-state index in [0.29, 0.717) is 0 Å². The maximum absolute atomic E-state index is 12.7. The molecule has 2 aliphatic heterocycles. The van der Waals surface area contributed by atoms with Crippen LogP contribution in [0.25, 0.3) is 0 Å². The molecule has 4 rings (SSSR count). The van der Waals surface area contributed by atoms with Gasteiger partial charge in [0.2, 0.25) is 0 Å². The number of nitrogens with one attached hydrogen (secondary N) is 3. The van der Waals surface area contributed by atoms with E-state index in [2.05, 4.69) is 17.7 Å². The summed E-state index contributed by atoms with van der Waals surface area (Å²) in [6.45, 7) is 2.08. The van der Waals surface area contributed by atoms with Gasteiger partial charge in [-0.15, -0.1) is 11.3 Å². The van der Waals surface area contributed by atoms with E-state index in [9.17, 15) is 4.79 Å². The van der Waals surface area contributed by atoms with Crippen LogP contribution in [0.1, 0.15) is 32.5 Å². The number of para-hydroxylation sites is 1. The van der Waals surface area contributed by atoms with Gasteiger partial charge in [0.1, 0.15) is 23.5 Å². The Morgan fingerprint density at radius 1 is 1.30 bits per heavy atom. The number of rotatable bonds is 2. The molecule has 3 N–H and O–H groups in total. The molecule has 0 spiro atoms. The van der Waals surface area contributed by atoms with Crippen LogP contribution in [0.3, 0.4) is 0 Å². The molecule has 3 heterocycles. The molecule has 2 atom stereocenters. The Morgan fingerprint density at radius 2 is 2.13 bits per heavy atom. The summed E-state index contributed by atoms with van der Waals surface area (Å²) >= 11 is 1.72. The van der Waals surface area contributed by atoms with Crippen molar-refractivity contribution < 1.29 is 14.4 Å². The summed E-state index contributed by atoms with van der Waals surface area (Å²) in [5.41, 5.74) is 3.03. The monoisotopic (exact) mass is 330 g/mol. The van der Waals surface area contributed by atoms with Gasteiger partial charge in [-0.25, -0.2) is 0 Å². The number of methoxy groups -OCH3 is 1. The maximum Gasteiger partial charge on any atom is 0.256 e. The van der Waals surface area contributed by atoms with Crippen LogP contribution in [0.2, 0.25) is 0 Å². The van der Waals surface area contributed by atoms with Crippen LogP contribution < -0.4 is 20.3 Å². The van der Waals surface area contributed by atoms with E-state index in [1.54, 1.807) is 18.4 Å². The van der Waals surface area contributed by atoms with Crippen molar-refractivity contribution in [3.8, 4) is 5.75 Å². The number of hydrogen-bond donors (Lipinski definition) is 3. The van der Waals surface area contributed by atoms with Gasteiger partial charge in [0.15, 0.2) is 0 Å². The van der Waals surface area contributed by atoms with Gasteiger partial charge in [0.25, 0.3) is 5.91 Å². The normalized spacial score (nSPS) is 22.6.